The molecule has 4 atom stereocenters. The zero-order chi connectivity index (χ0) is 68.9. The molecule has 0 radical (unpaired) electrons. The number of sulfonamides is 2. The van der Waals surface area contributed by atoms with E-state index in [-0.39, 0.29) is 83.8 Å². The van der Waals surface area contributed by atoms with E-state index in [0.717, 1.165) is 90.0 Å². The number of nitrogens with one attached hydrogen (secondary N) is 2. The normalized spacial score (nSPS) is 18.7. The highest BCUT2D eigenvalue weighted by atomic mass is 32.2. The van der Waals surface area contributed by atoms with E-state index in [1.165, 1.54) is 11.1 Å². The first-order valence-corrected chi connectivity index (χ1v) is 36.1. The van der Waals surface area contributed by atoms with Gasteiger partial charge in [0.05, 0.1) is 83.4 Å². The number of anilines is 2. The van der Waals surface area contributed by atoms with Crippen molar-refractivity contribution in [3.63, 3.8) is 0 Å². The van der Waals surface area contributed by atoms with Crippen molar-refractivity contribution in [1.82, 2.24) is 20.6 Å². The number of hydrogen-bond donors (Lipinski definition) is 2. The van der Waals surface area contributed by atoms with E-state index in [9.17, 15) is 55.2 Å². The summed E-state index contributed by atoms with van der Waals surface area (Å²) in [6, 6.07) is 38.0. The zero-order valence-electron chi connectivity index (χ0n) is 53.9. The van der Waals surface area contributed by atoms with Crippen LogP contribution in [0.5, 0.6) is 0 Å². The number of hydrogen-bond acceptors (Lipinski definition) is 20. The second-order valence-corrected chi connectivity index (χ2v) is 29.1. The van der Waals surface area contributed by atoms with Gasteiger partial charge in [-0.25, -0.2) is 16.8 Å². The van der Waals surface area contributed by atoms with Gasteiger partial charge in [0.2, 0.25) is 20.0 Å². The molecular weight excluding hydrogens is 1290 g/mol. The largest absolute Gasteiger partial charge is 0.356 e. The van der Waals surface area contributed by atoms with Gasteiger partial charge in [-0.15, -0.1) is 0 Å². The molecule has 4 aliphatic rings. The van der Waals surface area contributed by atoms with Crippen LogP contribution in [0.4, 0.5) is 11.4 Å². The van der Waals surface area contributed by atoms with E-state index in [1.807, 2.05) is 36.4 Å². The molecule has 4 fully saturated rings. The summed E-state index contributed by atoms with van der Waals surface area (Å²) in [4.78, 5) is 95.1. The van der Waals surface area contributed by atoms with Crippen LogP contribution in [-0.2, 0) is 71.2 Å². The predicted octanol–water partition coefficient (Wildman–Crippen LogP) is 13.4. The molecule has 8 aromatic carbocycles. The molecule has 4 heterocycles. The Balaban J connectivity index is 0.000000118. The summed E-state index contributed by atoms with van der Waals surface area (Å²) < 4.78 is 72.3. The maximum atomic E-state index is 12.3. The monoisotopic (exact) mass is 1360 g/mol. The third kappa shape index (κ3) is 13.7. The van der Waals surface area contributed by atoms with Crippen LogP contribution in [0.2, 0.25) is 0 Å². The van der Waals surface area contributed by atoms with Crippen LogP contribution in [0.1, 0.15) is 148 Å². The fraction of sp³-hybridized carbons (Fsp3) is 0.297. The highest BCUT2D eigenvalue weighted by Crippen LogP contribution is 2.42. The summed E-state index contributed by atoms with van der Waals surface area (Å²) in [6.45, 7) is 4.25. The Morgan fingerprint density at radius 3 is 0.857 bits per heavy atom. The van der Waals surface area contributed by atoms with E-state index < -0.39 is 31.9 Å². The molecule has 24 heteroatoms. The fourth-order valence-corrected chi connectivity index (χ4v) is 15.0. The van der Waals surface area contributed by atoms with Crippen LogP contribution in [0.25, 0.3) is 87.0 Å². The standard InChI is InChI=1S/2C19H17NO3.2C18H16N2O5S/c2*1-2-11-3-6-14-12(9-11)4-8-17-18(14)19(20-23-17)15-7-5-13(21)10-16(15)22;2*1-26(23,24)20-11-3-5-13-10(8-11)2-7-16-17(13)18(19-25-16)14-6-4-12(21)9-15(14)22/h2*3-4,6,8-9,15H,2,5,7,10H2,1H3;2*2-3,5,7-8,14,20H,4,6,9H2,1H3/t2*15-;2*14-/m1010/s1. The van der Waals surface area contributed by atoms with Crippen molar-refractivity contribution in [3.8, 4) is 0 Å². The molecule has 98 heavy (non-hydrogen) atoms. The third-order valence-corrected chi connectivity index (χ3v) is 19.9. The first-order chi connectivity index (χ1) is 47.0. The number of Topliss-reactive ketones (excluding diaryl/α,β-unsaturated/α-hetero) is 8. The van der Waals surface area contributed by atoms with Crippen LogP contribution in [0.15, 0.2) is 139 Å². The molecule has 4 aliphatic carbocycles. The quantitative estimate of drug-likeness (QED) is 0.120. The van der Waals surface area contributed by atoms with Gasteiger partial charge >= 0.3 is 0 Å². The van der Waals surface area contributed by atoms with Crippen molar-refractivity contribution in [2.75, 3.05) is 22.0 Å². The SMILES string of the molecule is CCc1ccc2c(ccc3onc([C@@H]4CCC(=O)CC4=O)c32)c1.CCc1ccc2c(ccc3onc([C@H]4CCC(=O)CC4=O)c32)c1.CS(=O)(=O)Nc1ccc2c(ccc3onc([C@@H]4CCC(=O)CC4=O)c32)c1.CS(=O)(=O)Nc1ccc2c(ccc3onc([C@H]4CCC(=O)CC4=O)c32)c1. The Morgan fingerprint density at radius 2 is 0.612 bits per heavy atom. The molecule has 22 nitrogen and oxygen atoms in total. The summed E-state index contributed by atoms with van der Waals surface area (Å²) in [7, 11) is -6.75. The second-order valence-electron chi connectivity index (χ2n) is 25.6. The molecule has 16 rings (SSSR count). The maximum Gasteiger partial charge on any atom is 0.229 e. The lowest BCUT2D eigenvalue weighted by atomic mass is 9.83. The number of aryl methyl sites for hydroxylation is 2. The minimum absolute atomic E-state index is 0.0176. The average molecular weight is 1360 g/mol. The summed E-state index contributed by atoms with van der Waals surface area (Å²) in [5.41, 5.74) is 8.43. The van der Waals surface area contributed by atoms with Gasteiger partial charge in [-0.2, -0.15) is 0 Å². The van der Waals surface area contributed by atoms with Crippen LogP contribution >= 0.6 is 0 Å². The smallest absolute Gasteiger partial charge is 0.229 e. The van der Waals surface area contributed by atoms with Gasteiger partial charge < -0.3 is 18.1 Å². The highest BCUT2D eigenvalue weighted by molar-refractivity contribution is 7.92. The lowest BCUT2D eigenvalue weighted by Crippen LogP contribution is -2.23. The number of rotatable bonds is 10. The van der Waals surface area contributed by atoms with Gasteiger partial charge in [-0.05, 0) is 141 Å². The second kappa shape index (κ2) is 26.9. The maximum absolute atomic E-state index is 12.3. The lowest BCUT2D eigenvalue weighted by Gasteiger charge is -2.18. The summed E-state index contributed by atoms with van der Waals surface area (Å²) in [6.07, 6.45) is 7.58. The number of ketones is 8. The molecule has 0 bridgehead atoms. The first kappa shape index (κ1) is 66.2. The fourth-order valence-electron chi connectivity index (χ4n) is 13.9. The molecule has 0 unspecified atom stereocenters. The van der Waals surface area contributed by atoms with Crippen LogP contribution in [-0.4, -0.2) is 96.2 Å². The number of carbonyl (C=O) groups excluding carboxylic acids is 8. The number of aromatic nitrogens is 4. The molecule has 0 saturated heterocycles. The summed E-state index contributed by atoms with van der Waals surface area (Å²) in [5, 5.41) is 27.5. The molecule has 2 N–H and O–H groups in total. The van der Waals surface area contributed by atoms with Crippen molar-refractivity contribution >= 4 is 165 Å². The Bertz CT molecular complexity index is 5230. The lowest BCUT2D eigenvalue weighted by molar-refractivity contribution is -0.132. The molecule has 12 aromatic rings. The Morgan fingerprint density at radius 1 is 0.357 bits per heavy atom. The Hall–Kier alpha value is -10.5. The van der Waals surface area contributed by atoms with E-state index in [1.54, 1.807) is 48.5 Å². The number of benzene rings is 8. The van der Waals surface area contributed by atoms with Crippen molar-refractivity contribution in [2.45, 2.75) is 127 Å². The van der Waals surface area contributed by atoms with Crippen LogP contribution in [0, 0.1) is 0 Å². The van der Waals surface area contributed by atoms with Crippen LogP contribution < -0.4 is 9.44 Å². The van der Waals surface area contributed by atoms with E-state index in [4.69, 9.17) is 18.1 Å². The average Bonchev–Trinajstić information content (AvgIpc) is 1.56. The number of fused-ring (bicyclic) bond motifs is 12. The highest BCUT2D eigenvalue weighted by Gasteiger charge is 2.37. The predicted molar refractivity (Wildman–Crippen MR) is 368 cm³/mol. The zero-order valence-corrected chi connectivity index (χ0v) is 55.5. The van der Waals surface area contributed by atoms with E-state index in [2.05, 4.69) is 80.3 Å². The summed E-state index contributed by atoms with van der Waals surface area (Å²) in [5.74, 6) is -1.95. The van der Waals surface area contributed by atoms with Gasteiger partial charge in [-0.3, -0.25) is 47.8 Å². The van der Waals surface area contributed by atoms with Crippen molar-refractivity contribution in [1.29, 1.82) is 0 Å². The molecular formula is C74H66N6O16S2. The third-order valence-electron chi connectivity index (χ3n) is 18.7. The molecule has 4 saturated carbocycles. The first-order valence-electron chi connectivity index (χ1n) is 32.4. The number of carbonyl (C=O) groups is 8. The molecule has 0 spiro atoms. The van der Waals surface area contributed by atoms with Gasteiger partial charge in [0.15, 0.2) is 22.3 Å². The van der Waals surface area contributed by atoms with Gasteiger partial charge in [-0.1, -0.05) is 107 Å². The van der Waals surface area contributed by atoms with Gasteiger partial charge in [0.25, 0.3) is 0 Å². The van der Waals surface area contributed by atoms with Crippen molar-refractivity contribution in [2.24, 2.45) is 0 Å². The topological polar surface area (TPSA) is 333 Å². The minimum atomic E-state index is -3.37. The molecule has 4 aromatic heterocycles. The van der Waals surface area contributed by atoms with E-state index in [0.29, 0.717) is 108 Å². The van der Waals surface area contributed by atoms with Gasteiger partial charge in [0, 0.05) is 37.1 Å². The molecule has 500 valence electrons. The van der Waals surface area contributed by atoms with Crippen molar-refractivity contribution in [3.05, 3.63) is 155 Å². The Labute approximate surface area is 560 Å². The molecule has 0 aliphatic heterocycles. The molecule has 0 amide bonds. The summed E-state index contributed by atoms with van der Waals surface area (Å²) >= 11 is 0. The van der Waals surface area contributed by atoms with Crippen molar-refractivity contribution < 1.29 is 73.3 Å². The van der Waals surface area contributed by atoms with E-state index >= 15 is 0 Å². The number of nitrogens with zero attached hydrogens (tertiary/aromatic N) is 4. The van der Waals surface area contributed by atoms with Crippen LogP contribution in [0.3, 0.4) is 0 Å². The van der Waals surface area contributed by atoms with Gasteiger partial charge in [0.1, 0.15) is 69.0 Å². The Kier molecular flexibility index (Phi) is 18.1. The minimum Gasteiger partial charge on any atom is -0.356 e.